The van der Waals surface area contributed by atoms with E-state index in [1.54, 1.807) is 0 Å². The number of nitrogens with zero attached hydrogens (tertiary/aromatic N) is 4. The quantitative estimate of drug-likeness (QED) is 0.217. The Labute approximate surface area is 230 Å². The molecule has 3 aromatic heterocycles. The van der Waals surface area contributed by atoms with Crippen molar-refractivity contribution >= 4 is 49.3 Å². The smallest absolute Gasteiger partial charge is 0.198 e. The van der Waals surface area contributed by atoms with Crippen LogP contribution in [-0.4, -0.2) is 14.1 Å². The van der Waals surface area contributed by atoms with E-state index >= 15 is 0 Å². The zero-order valence-corrected chi connectivity index (χ0v) is 21.5. The van der Waals surface area contributed by atoms with Crippen molar-refractivity contribution in [1.82, 2.24) is 14.1 Å². The molecule has 0 atom stereocenters. The fraction of sp³-hybridized carbons (Fsp3) is 0. The number of pyridine rings is 1. The normalized spacial score (nSPS) is 11.5. The van der Waals surface area contributed by atoms with Crippen molar-refractivity contribution in [3.8, 4) is 22.6 Å². The van der Waals surface area contributed by atoms with E-state index in [2.05, 4.69) is 123 Å². The highest BCUT2D eigenvalue weighted by Gasteiger charge is 2.15. The third-order valence-electron chi connectivity index (χ3n) is 7.80. The topological polar surface area (TPSA) is 27.1 Å². The second-order valence-electron chi connectivity index (χ2n) is 9.95. The first-order valence-corrected chi connectivity index (χ1v) is 13.3. The summed E-state index contributed by atoms with van der Waals surface area (Å²) >= 11 is 0. The van der Waals surface area contributed by atoms with Crippen molar-refractivity contribution in [2.75, 3.05) is 0 Å². The molecule has 0 saturated heterocycles. The predicted molar refractivity (Wildman–Crippen MR) is 165 cm³/mol. The van der Waals surface area contributed by atoms with Gasteiger partial charge in [0.05, 0.1) is 46.2 Å². The minimum absolute atomic E-state index is 0.580. The highest BCUT2D eigenvalue weighted by atomic mass is 15.0. The lowest BCUT2D eigenvalue weighted by molar-refractivity contribution is 1.14. The molecule has 40 heavy (non-hydrogen) atoms. The van der Waals surface area contributed by atoms with Gasteiger partial charge >= 0.3 is 0 Å². The number of aromatic nitrogens is 3. The van der Waals surface area contributed by atoms with E-state index in [4.69, 9.17) is 11.6 Å². The Morgan fingerprint density at radius 1 is 0.500 bits per heavy atom. The van der Waals surface area contributed by atoms with Crippen LogP contribution in [0.25, 0.3) is 71.1 Å². The molecule has 0 amide bonds. The average molecular weight is 511 g/mol. The maximum Gasteiger partial charge on any atom is 0.198 e. The first-order valence-electron chi connectivity index (χ1n) is 13.3. The van der Waals surface area contributed by atoms with Gasteiger partial charge in [-0.15, -0.1) is 0 Å². The van der Waals surface area contributed by atoms with Gasteiger partial charge in [-0.2, -0.15) is 0 Å². The Morgan fingerprint density at radius 2 is 0.950 bits per heavy atom. The summed E-state index contributed by atoms with van der Waals surface area (Å²) in [6.07, 6.45) is 1.91. The van der Waals surface area contributed by atoms with Crippen LogP contribution in [0.5, 0.6) is 0 Å². The van der Waals surface area contributed by atoms with E-state index in [1.165, 1.54) is 21.5 Å². The molecule has 0 unspecified atom stereocenters. The standard InChI is InChI=1S/C36H22N4/c1-37-32-22-24(39-33-14-6-2-10-26(33)27-11-3-7-15-34(27)39)18-20-30(32)31-21-19-25(23-38-31)40-35-16-8-4-12-28(35)29-13-5-9-17-36(29)40/h2-23H. The van der Waals surface area contributed by atoms with E-state index in [0.29, 0.717) is 5.69 Å². The fourth-order valence-corrected chi connectivity index (χ4v) is 6.05. The molecule has 0 saturated carbocycles. The van der Waals surface area contributed by atoms with Crippen LogP contribution in [-0.2, 0) is 0 Å². The van der Waals surface area contributed by atoms with E-state index in [1.807, 2.05) is 24.4 Å². The molecule has 5 aromatic carbocycles. The Bertz CT molecular complexity index is 2170. The number of hydrogen-bond donors (Lipinski definition) is 0. The minimum Gasteiger partial charge on any atom is -0.311 e. The van der Waals surface area contributed by atoms with Crippen molar-refractivity contribution in [2.24, 2.45) is 0 Å². The molecule has 0 aliphatic heterocycles. The average Bonchev–Trinajstić information content (AvgIpc) is 3.54. The molecule has 0 N–H and O–H groups in total. The van der Waals surface area contributed by atoms with Crippen LogP contribution >= 0.6 is 0 Å². The summed E-state index contributed by atoms with van der Waals surface area (Å²) in [5.74, 6) is 0. The van der Waals surface area contributed by atoms with Gasteiger partial charge in [-0.25, -0.2) is 4.85 Å². The van der Waals surface area contributed by atoms with Gasteiger partial charge in [0.25, 0.3) is 0 Å². The van der Waals surface area contributed by atoms with Gasteiger partial charge in [0.2, 0.25) is 0 Å². The number of hydrogen-bond acceptors (Lipinski definition) is 1. The van der Waals surface area contributed by atoms with E-state index in [0.717, 1.165) is 44.7 Å². The van der Waals surface area contributed by atoms with Gasteiger partial charge in [0, 0.05) is 32.8 Å². The summed E-state index contributed by atoms with van der Waals surface area (Å²) in [5, 5.41) is 4.85. The summed E-state index contributed by atoms with van der Waals surface area (Å²) in [6.45, 7) is 8.00. The molecule has 3 heterocycles. The van der Waals surface area contributed by atoms with Gasteiger partial charge in [-0.1, -0.05) is 78.9 Å². The molecule has 0 bridgehead atoms. The summed E-state index contributed by atoms with van der Waals surface area (Å²) in [5.41, 5.74) is 8.70. The van der Waals surface area contributed by atoms with Gasteiger partial charge in [0.15, 0.2) is 5.69 Å². The van der Waals surface area contributed by atoms with Gasteiger partial charge in [-0.3, -0.25) is 4.98 Å². The Morgan fingerprint density at radius 3 is 1.40 bits per heavy atom. The van der Waals surface area contributed by atoms with Crippen LogP contribution < -0.4 is 0 Å². The second-order valence-corrected chi connectivity index (χ2v) is 9.95. The van der Waals surface area contributed by atoms with Crippen LogP contribution in [0, 0.1) is 6.57 Å². The van der Waals surface area contributed by atoms with Gasteiger partial charge < -0.3 is 9.13 Å². The number of benzene rings is 5. The lowest BCUT2D eigenvalue weighted by Crippen LogP contribution is -1.96. The van der Waals surface area contributed by atoms with E-state index in [-0.39, 0.29) is 0 Å². The lowest BCUT2D eigenvalue weighted by Gasteiger charge is -2.12. The first-order chi connectivity index (χ1) is 19.8. The molecule has 4 nitrogen and oxygen atoms in total. The summed E-state index contributed by atoms with van der Waals surface area (Å²) in [4.78, 5) is 8.77. The number of fused-ring (bicyclic) bond motifs is 6. The maximum atomic E-state index is 8.00. The predicted octanol–water partition coefficient (Wildman–Crippen LogP) is 9.49. The molecule has 0 aliphatic rings. The lowest BCUT2D eigenvalue weighted by atomic mass is 10.1. The zero-order chi connectivity index (χ0) is 26.6. The molecule has 4 heteroatoms. The Balaban J connectivity index is 1.25. The first kappa shape index (κ1) is 22.3. The van der Waals surface area contributed by atoms with Gasteiger partial charge in [0.1, 0.15) is 0 Å². The van der Waals surface area contributed by atoms with E-state index in [9.17, 15) is 0 Å². The second kappa shape index (κ2) is 8.69. The molecule has 0 fully saturated rings. The van der Waals surface area contributed by atoms with Gasteiger partial charge in [-0.05, 0) is 48.5 Å². The Kier molecular flexibility index (Phi) is 4.85. The SMILES string of the molecule is [C-]#[N+]c1cc(-n2c3ccccc3c3ccccc32)ccc1-c1ccc(-n2c3ccccc3c3ccccc32)cn1. The zero-order valence-electron chi connectivity index (χ0n) is 21.5. The third kappa shape index (κ3) is 3.22. The van der Waals surface area contributed by atoms with E-state index < -0.39 is 0 Å². The summed E-state index contributed by atoms with van der Waals surface area (Å²) in [6, 6.07) is 44.0. The molecule has 186 valence electrons. The monoisotopic (exact) mass is 510 g/mol. The molecule has 0 spiro atoms. The molecular weight excluding hydrogens is 488 g/mol. The highest BCUT2D eigenvalue weighted by molar-refractivity contribution is 6.10. The van der Waals surface area contributed by atoms with Crippen LogP contribution in [0.2, 0.25) is 0 Å². The summed E-state index contributed by atoms with van der Waals surface area (Å²) < 4.78 is 4.49. The molecular formula is C36H22N4. The number of para-hydroxylation sites is 4. The molecule has 8 aromatic rings. The largest absolute Gasteiger partial charge is 0.311 e. The van der Waals surface area contributed by atoms with Crippen molar-refractivity contribution in [1.29, 1.82) is 0 Å². The maximum absolute atomic E-state index is 8.00. The minimum atomic E-state index is 0.580. The Hall–Kier alpha value is -5.66. The highest BCUT2D eigenvalue weighted by Crippen LogP contribution is 2.37. The molecule has 0 radical (unpaired) electrons. The van der Waals surface area contributed by atoms with Crippen molar-refractivity contribution in [3.05, 3.63) is 145 Å². The third-order valence-corrected chi connectivity index (χ3v) is 7.80. The summed E-state index contributed by atoms with van der Waals surface area (Å²) in [7, 11) is 0. The van der Waals surface area contributed by atoms with Crippen molar-refractivity contribution in [3.63, 3.8) is 0 Å². The van der Waals surface area contributed by atoms with Crippen molar-refractivity contribution < 1.29 is 0 Å². The van der Waals surface area contributed by atoms with Crippen LogP contribution in [0.4, 0.5) is 5.69 Å². The molecule has 8 rings (SSSR count). The number of rotatable bonds is 3. The van der Waals surface area contributed by atoms with Crippen LogP contribution in [0.15, 0.2) is 134 Å². The van der Waals surface area contributed by atoms with Crippen molar-refractivity contribution in [2.45, 2.75) is 0 Å². The molecule has 0 aliphatic carbocycles. The van der Waals surface area contributed by atoms with Crippen LogP contribution in [0.1, 0.15) is 0 Å². The van der Waals surface area contributed by atoms with Crippen LogP contribution in [0.3, 0.4) is 0 Å². The fourth-order valence-electron chi connectivity index (χ4n) is 6.05.